The minimum Gasteiger partial charge on any atom is -0.307 e. The first-order valence-electron chi connectivity index (χ1n) is 24.9. The van der Waals surface area contributed by atoms with Gasteiger partial charge in [-0.2, -0.15) is 5.26 Å². The van der Waals surface area contributed by atoms with Crippen LogP contribution < -0.4 is 0 Å². The number of aromatic nitrogens is 3. The van der Waals surface area contributed by atoms with E-state index in [2.05, 4.69) is 241 Å². The van der Waals surface area contributed by atoms with Crippen LogP contribution in [0.3, 0.4) is 0 Å². The van der Waals surface area contributed by atoms with E-state index >= 15 is 0 Å². The maximum Gasteiger partial charge on any atom is 0.138 e. The summed E-state index contributed by atoms with van der Waals surface area (Å²) >= 11 is 0. The van der Waals surface area contributed by atoms with Crippen molar-refractivity contribution in [3.63, 3.8) is 0 Å². The molecule has 346 valence electrons. The molecule has 4 heteroatoms. The average Bonchev–Trinajstić information content (AvgIpc) is 3.87. The molecule has 3 heterocycles. The summed E-state index contributed by atoms with van der Waals surface area (Å²) in [6.45, 7) is 17.4. The summed E-state index contributed by atoms with van der Waals surface area (Å²) < 4.78 is 4.72. The van der Waals surface area contributed by atoms with Gasteiger partial charge in [0.05, 0.1) is 45.6 Å². The smallest absolute Gasteiger partial charge is 0.138 e. The van der Waals surface area contributed by atoms with Crippen LogP contribution in [-0.4, -0.2) is 14.1 Å². The molecule has 0 fully saturated rings. The molecule has 12 rings (SSSR count). The highest BCUT2D eigenvalue weighted by Crippen LogP contribution is 2.43. The molecule has 0 saturated carbocycles. The molecule has 12 aromatic rings. The van der Waals surface area contributed by atoms with Gasteiger partial charge in [-0.3, -0.25) is 4.57 Å². The lowest BCUT2D eigenvalue weighted by Gasteiger charge is -2.17. The van der Waals surface area contributed by atoms with Gasteiger partial charge in [0.25, 0.3) is 0 Å². The van der Waals surface area contributed by atoms with E-state index < -0.39 is 0 Å². The molecule has 0 aliphatic carbocycles. The quantitative estimate of drug-likeness (QED) is 0.160. The van der Waals surface area contributed by atoms with Crippen LogP contribution in [0.4, 0.5) is 0 Å². The van der Waals surface area contributed by atoms with Crippen molar-refractivity contribution < 1.29 is 0 Å². The van der Waals surface area contributed by atoms with E-state index in [1.165, 1.54) is 111 Å². The van der Waals surface area contributed by atoms with Gasteiger partial charge < -0.3 is 4.57 Å². The number of nitrogens with zero attached hydrogens (tertiary/aromatic N) is 4. The van der Waals surface area contributed by atoms with Crippen LogP contribution in [-0.2, 0) is 0 Å². The fourth-order valence-corrected chi connectivity index (χ4v) is 11.5. The Morgan fingerprint density at radius 1 is 0.333 bits per heavy atom. The van der Waals surface area contributed by atoms with Gasteiger partial charge >= 0.3 is 0 Å². The van der Waals surface area contributed by atoms with E-state index in [4.69, 9.17) is 4.98 Å². The van der Waals surface area contributed by atoms with Gasteiger partial charge in [0.15, 0.2) is 0 Å². The van der Waals surface area contributed by atoms with Gasteiger partial charge in [0.1, 0.15) is 5.82 Å². The van der Waals surface area contributed by atoms with Crippen LogP contribution in [0, 0.1) is 66.7 Å². The molecule has 9 aromatic carbocycles. The van der Waals surface area contributed by atoms with E-state index in [0.717, 1.165) is 44.7 Å². The molecule has 4 nitrogen and oxygen atoms in total. The number of aryl methyl sites for hydroxylation is 8. The highest BCUT2D eigenvalue weighted by Gasteiger charge is 2.22. The third kappa shape index (κ3) is 7.49. The Labute approximate surface area is 421 Å². The zero-order chi connectivity index (χ0) is 49.5. The lowest BCUT2D eigenvalue weighted by atomic mass is 9.95. The Morgan fingerprint density at radius 2 is 0.667 bits per heavy atom. The minimum absolute atomic E-state index is 0.617. The van der Waals surface area contributed by atoms with Crippen molar-refractivity contribution in [2.45, 2.75) is 55.4 Å². The van der Waals surface area contributed by atoms with Crippen molar-refractivity contribution in [2.75, 3.05) is 0 Å². The number of pyridine rings is 1. The van der Waals surface area contributed by atoms with E-state index in [1.807, 2.05) is 12.1 Å². The van der Waals surface area contributed by atoms with E-state index in [9.17, 15) is 5.26 Å². The summed E-state index contributed by atoms with van der Waals surface area (Å²) in [6, 6.07) is 67.1. The van der Waals surface area contributed by atoms with Gasteiger partial charge in [-0.15, -0.1) is 0 Å². The Kier molecular flexibility index (Phi) is 10.7. The summed E-state index contributed by atoms with van der Waals surface area (Å²) in [5.41, 5.74) is 27.6. The molecule has 0 saturated heterocycles. The fourth-order valence-electron chi connectivity index (χ4n) is 11.5. The first-order valence-corrected chi connectivity index (χ1v) is 24.9. The molecule has 0 bridgehead atoms. The molecule has 0 N–H and O–H groups in total. The molecule has 3 aromatic heterocycles. The predicted octanol–water partition coefficient (Wildman–Crippen LogP) is 17.9. The van der Waals surface area contributed by atoms with Crippen molar-refractivity contribution in [1.82, 2.24) is 14.1 Å². The Bertz CT molecular complexity index is 4030. The lowest BCUT2D eigenvalue weighted by Crippen LogP contribution is -2.03. The second-order valence-electron chi connectivity index (χ2n) is 20.1. The zero-order valence-corrected chi connectivity index (χ0v) is 42.1. The summed E-state index contributed by atoms with van der Waals surface area (Å²) in [4.78, 5) is 5.48. The van der Waals surface area contributed by atoms with Crippen LogP contribution in [0.2, 0.25) is 0 Å². The van der Waals surface area contributed by atoms with Crippen molar-refractivity contribution in [1.29, 1.82) is 5.26 Å². The molecule has 0 unspecified atom stereocenters. The first-order chi connectivity index (χ1) is 34.9. The number of rotatable bonds is 7. The molecule has 72 heavy (non-hydrogen) atoms. The van der Waals surface area contributed by atoms with Gasteiger partial charge in [-0.25, -0.2) is 4.98 Å². The Hall–Kier alpha value is -8.78. The molecule has 0 atom stereocenters. The van der Waals surface area contributed by atoms with Gasteiger partial charge in [0.2, 0.25) is 0 Å². The van der Waals surface area contributed by atoms with Crippen molar-refractivity contribution in [3.8, 4) is 73.2 Å². The maximum absolute atomic E-state index is 9.95. The number of fused-ring (bicyclic) bond motifs is 6. The summed E-state index contributed by atoms with van der Waals surface area (Å²) in [5, 5.41) is 14.6. The van der Waals surface area contributed by atoms with E-state index in [-0.39, 0.29) is 0 Å². The van der Waals surface area contributed by atoms with Crippen molar-refractivity contribution in [2.24, 2.45) is 0 Å². The second-order valence-corrected chi connectivity index (χ2v) is 20.1. The second kappa shape index (κ2) is 17.3. The summed E-state index contributed by atoms with van der Waals surface area (Å²) in [5.74, 6) is 0.812. The largest absolute Gasteiger partial charge is 0.307 e. The number of benzene rings is 9. The lowest BCUT2D eigenvalue weighted by molar-refractivity contribution is 1.06. The minimum atomic E-state index is 0.617. The van der Waals surface area contributed by atoms with Gasteiger partial charge in [-0.1, -0.05) is 131 Å². The number of hydrogen-bond acceptors (Lipinski definition) is 2. The first kappa shape index (κ1) is 44.4. The standard InChI is InChI=1S/C68H54N4/c1-40-9-21-54(44(5)29-40)50-17-25-63-59(33-50)60-34-51(55-22-10-41(2)30-45(55)6)18-26-64(60)71(63)67-39-70-68(37-58(67)49-15-13-48(38-69)14-16-49)72-65-27-19-52(56-23-11-42(3)31-46(56)7)35-61(65)62-36-53(20-28-66(62)72)57-24-12-43(4)32-47(57)8/h9-37,39H,1-8H3. The maximum atomic E-state index is 9.95. The highest BCUT2D eigenvalue weighted by atomic mass is 15.1. The molecule has 0 aliphatic heterocycles. The summed E-state index contributed by atoms with van der Waals surface area (Å²) in [6.07, 6.45) is 2.06. The van der Waals surface area contributed by atoms with E-state index in [0.29, 0.717) is 5.56 Å². The molecular weight excluding hydrogens is 873 g/mol. The van der Waals surface area contributed by atoms with Crippen molar-refractivity contribution in [3.05, 3.63) is 232 Å². The molecule has 0 amide bonds. The summed E-state index contributed by atoms with van der Waals surface area (Å²) in [7, 11) is 0. The zero-order valence-electron chi connectivity index (χ0n) is 42.1. The third-order valence-corrected chi connectivity index (χ3v) is 15.0. The molecule has 0 radical (unpaired) electrons. The average molecular weight is 927 g/mol. The van der Waals surface area contributed by atoms with E-state index in [1.54, 1.807) is 0 Å². The number of hydrogen-bond donors (Lipinski definition) is 0. The van der Waals surface area contributed by atoms with Crippen LogP contribution >= 0.6 is 0 Å². The molecular formula is C68H54N4. The Balaban J connectivity index is 1.12. The third-order valence-electron chi connectivity index (χ3n) is 15.0. The number of nitriles is 1. The van der Waals surface area contributed by atoms with Crippen LogP contribution in [0.25, 0.3) is 111 Å². The van der Waals surface area contributed by atoms with Crippen LogP contribution in [0.15, 0.2) is 182 Å². The SMILES string of the molecule is Cc1ccc(-c2ccc3c(c2)c2cc(-c4ccc(C)cc4C)ccc2n3-c2cc(-c3ccc(C#N)cc3)c(-n3c4ccc(-c5ccc(C)cc5C)cc4c4cc(-c5ccc(C)cc5C)ccc43)cn2)c(C)c1. The topological polar surface area (TPSA) is 46.5 Å². The van der Waals surface area contributed by atoms with Gasteiger partial charge in [-0.05, 0) is 194 Å². The predicted molar refractivity (Wildman–Crippen MR) is 303 cm³/mol. The normalized spacial score (nSPS) is 11.6. The van der Waals surface area contributed by atoms with Crippen molar-refractivity contribution >= 4 is 43.6 Å². The highest BCUT2D eigenvalue weighted by molar-refractivity contribution is 6.13. The monoisotopic (exact) mass is 926 g/mol. The van der Waals surface area contributed by atoms with Gasteiger partial charge in [0, 0.05) is 27.1 Å². The van der Waals surface area contributed by atoms with Crippen LogP contribution in [0.1, 0.15) is 50.1 Å². The molecule has 0 spiro atoms. The fraction of sp³-hybridized carbons (Fsp3) is 0.118. The molecule has 0 aliphatic rings. The Morgan fingerprint density at radius 3 is 1.00 bits per heavy atom. The van der Waals surface area contributed by atoms with Crippen LogP contribution in [0.5, 0.6) is 0 Å².